The SMILES string of the molecule is Oc1ccccc1-c1ccc(Oc2ccccc2)nc1. The summed E-state index contributed by atoms with van der Waals surface area (Å²) in [6.07, 6.45) is 1.69. The predicted octanol–water partition coefficient (Wildman–Crippen LogP) is 4.25. The van der Waals surface area contributed by atoms with Crippen LogP contribution < -0.4 is 4.74 Å². The van der Waals surface area contributed by atoms with Gasteiger partial charge in [-0.1, -0.05) is 36.4 Å². The molecule has 1 N–H and O–H groups in total. The molecule has 0 unspecified atom stereocenters. The summed E-state index contributed by atoms with van der Waals surface area (Å²) in [7, 11) is 0. The lowest BCUT2D eigenvalue weighted by Gasteiger charge is -2.06. The quantitative estimate of drug-likeness (QED) is 0.768. The van der Waals surface area contributed by atoms with Gasteiger partial charge in [0.15, 0.2) is 0 Å². The fourth-order valence-corrected chi connectivity index (χ4v) is 1.93. The molecular weight excluding hydrogens is 250 g/mol. The van der Waals surface area contributed by atoms with E-state index in [1.807, 2.05) is 48.5 Å². The summed E-state index contributed by atoms with van der Waals surface area (Å²) in [5.74, 6) is 1.51. The van der Waals surface area contributed by atoms with Gasteiger partial charge in [0, 0.05) is 23.4 Å². The summed E-state index contributed by atoms with van der Waals surface area (Å²) in [5, 5.41) is 9.81. The average molecular weight is 263 g/mol. The third kappa shape index (κ3) is 2.62. The number of benzene rings is 2. The molecule has 1 aromatic heterocycles. The van der Waals surface area contributed by atoms with E-state index in [0.29, 0.717) is 5.88 Å². The van der Waals surface area contributed by atoms with Crippen molar-refractivity contribution in [2.75, 3.05) is 0 Å². The highest BCUT2D eigenvalue weighted by atomic mass is 16.5. The minimum Gasteiger partial charge on any atom is -0.507 e. The van der Waals surface area contributed by atoms with Crippen molar-refractivity contribution in [1.82, 2.24) is 4.98 Å². The Morgan fingerprint density at radius 1 is 0.800 bits per heavy atom. The van der Waals surface area contributed by atoms with Gasteiger partial charge in [-0.2, -0.15) is 0 Å². The van der Waals surface area contributed by atoms with E-state index in [4.69, 9.17) is 4.74 Å². The van der Waals surface area contributed by atoms with Gasteiger partial charge in [-0.25, -0.2) is 4.98 Å². The van der Waals surface area contributed by atoms with E-state index in [9.17, 15) is 5.11 Å². The number of aromatic nitrogens is 1. The average Bonchev–Trinajstić information content (AvgIpc) is 2.50. The number of hydrogen-bond acceptors (Lipinski definition) is 3. The van der Waals surface area contributed by atoms with Crippen molar-refractivity contribution in [3.05, 3.63) is 72.9 Å². The molecule has 3 aromatic rings. The van der Waals surface area contributed by atoms with Crippen molar-refractivity contribution in [1.29, 1.82) is 0 Å². The Morgan fingerprint density at radius 2 is 1.55 bits per heavy atom. The second-order valence-corrected chi connectivity index (χ2v) is 4.32. The molecule has 3 heteroatoms. The third-order valence-corrected chi connectivity index (χ3v) is 2.92. The molecule has 0 aliphatic rings. The summed E-state index contributed by atoms with van der Waals surface area (Å²) in [5.41, 5.74) is 1.61. The van der Waals surface area contributed by atoms with Gasteiger partial charge in [0.05, 0.1) is 0 Å². The Labute approximate surface area is 117 Å². The van der Waals surface area contributed by atoms with Crippen molar-refractivity contribution in [2.24, 2.45) is 0 Å². The first-order valence-electron chi connectivity index (χ1n) is 6.30. The van der Waals surface area contributed by atoms with E-state index >= 15 is 0 Å². The summed E-state index contributed by atoms with van der Waals surface area (Å²) in [6.45, 7) is 0. The fourth-order valence-electron chi connectivity index (χ4n) is 1.93. The van der Waals surface area contributed by atoms with Crippen molar-refractivity contribution in [3.8, 4) is 28.5 Å². The Kier molecular flexibility index (Phi) is 3.33. The topological polar surface area (TPSA) is 42.4 Å². The van der Waals surface area contributed by atoms with Crippen molar-refractivity contribution >= 4 is 0 Å². The van der Waals surface area contributed by atoms with Gasteiger partial charge in [0.2, 0.25) is 5.88 Å². The number of hydrogen-bond donors (Lipinski definition) is 1. The van der Waals surface area contributed by atoms with Crippen LogP contribution in [0.3, 0.4) is 0 Å². The monoisotopic (exact) mass is 263 g/mol. The molecule has 0 radical (unpaired) electrons. The first-order valence-corrected chi connectivity index (χ1v) is 6.30. The number of ether oxygens (including phenoxy) is 1. The maximum absolute atomic E-state index is 9.81. The second-order valence-electron chi connectivity index (χ2n) is 4.32. The molecule has 3 rings (SSSR count). The molecule has 98 valence electrons. The van der Waals surface area contributed by atoms with Gasteiger partial charge >= 0.3 is 0 Å². The van der Waals surface area contributed by atoms with Gasteiger partial charge in [0.1, 0.15) is 11.5 Å². The number of para-hydroxylation sites is 2. The van der Waals surface area contributed by atoms with E-state index in [0.717, 1.165) is 16.9 Å². The van der Waals surface area contributed by atoms with Gasteiger partial charge in [-0.3, -0.25) is 0 Å². The standard InChI is InChI=1S/C17H13NO2/c19-16-9-5-4-8-15(16)13-10-11-17(18-12-13)20-14-6-2-1-3-7-14/h1-12,19H. The molecule has 0 amide bonds. The molecule has 3 nitrogen and oxygen atoms in total. The lowest BCUT2D eigenvalue weighted by molar-refractivity contribution is 0.463. The van der Waals surface area contributed by atoms with Crippen molar-refractivity contribution in [2.45, 2.75) is 0 Å². The second kappa shape index (κ2) is 5.45. The maximum Gasteiger partial charge on any atom is 0.219 e. The van der Waals surface area contributed by atoms with Gasteiger partial charge < -0.3 is 9.84 Å². The van der Waals surface area contributed by atoms with Crippen LogP contribution in [0.15, 0.2) is 72.9 Å². The minimum atomic E-state index is 0.242. The lowest BCUT2D eigenvalue weighted by atomic mass is 10.1. The Morgan fingerprint density at radius 3 is 2.25 bits per heavy atom. The van der Waals surface area contributed by atoms with Crippen LogP contribution in [0.4, 0.5) is 0 Å². The predicted molar refractivity (Wildman–Crippen MR) is 77.9 cm³/mol. The van der Waals surface area contributed by atoms with Crippen LogP contribution in [0.5, 0.6) is 17.4 Å². The number of nitrogens with zero attached hydrogens (tertiary/aromatic N) is 1. The van der Waals surface area contributed by atoms with Crippen LogP contribution in [0, 0.1) is 0 Å². The Bertz CT molecular complexity index is 694. The van der Waals surface area contributed by atoms with Crippen molar-refractivity contribution in [3.63, 3.8) is 0 Å². The molecule has 0 fully saturated rings. The lowest BCUT2D eigenvalue weighted by Crippen LogP contribution is -1.88. The molecule has 20 heavy (non-hydrogen) atoms. The molecule has 0 aliphatic carbocycles. The molecule has 2 aromatic carbocycles. The zero-order valence-electron chi connectivity index (χ0n) is 10.7. The summed E-state index contributed by atoms with van der Waals surface area (Å²) in [4.78, 5) is 4.26. The number of pyridine rings is 1. The largest absolute Gasteiger partial charge is 0.507 e. The van der Waals surface area contributed by atoms with Crippen LogP contribution in [0.2, 0.25) is 0 Å². The van der Waals surface area contributed by atoms with E-state index < -0.39 is 0 Å². The smallest absolute Gasteiger partial charge is 0.219 e. The highest BCUT2D eigenvalue weighted by Gasteiger charge is 2.04. The van der Waals surface area contributed by atoms with Gasteiger partial charge in [0.25, 0.3) is 0 Å². The van der Waals surface area contributed by atoms with Crippen LogP contribution in [0.1, 0.15) is 0 Å². The summed E-state index contributed by atoms with van der Waals surface area (Å²) < 4.78 is 5.63. The fraction of sp³-hybridized carbons (Fsp3) is 0. The molecule has 0 bridgehead atoms. The molecule has 0 saturated heterocycles. The minimum absolute atomic E-state index is 0.242. The molecule has 0 spiro atoms. The number of phenolic OH excluding ortho intramolecular Hbond substituents is 1. The van der Waals surface area contributed by atoms with Gasteiger partial charge in [-0.15, -0.1) is 0 Å². The van der Waals surface area contributed by atoms with E-state index in [2.05, 4.69) is 4.98 Å². The maximum atomic E-state index is 9.81. The van der Waals surface area contributed by atoms with E-state index in [1.165, 1.54) is 0 Å². The van der Waals surface area contributed by atoms with Crippen LogP contribution in [-0.2, 0) is 0 Å². The highest BCUT2D eigenvalue weighted by molar-refractivity contribution is 5.69. The normalized spacial score (nSPS) is 10.2. The summed E-state index contributed by atoms with van der Waals surface area (Å²) in [6, 6.07) is 20.3. The van der Waals surface area contributed by atoms with Crippen LogP contribution in [-0.4, -0.2) is 10.1 Å². The zero-order valence-corrected chi connectivity index (χ0v) is 10.7. The van der Waals surface area contributed by atoms with Gasteiger partial charge in [-0.05, 0) is 24.3 Å². The summed E-state index contributed by atoms with van der Waals surface area (Å²) >= 11 is 0. The highest BCUT2D eigenvalue weighted by Crippen LogP contribution is 2.29. The van der Waals surface area contributed by atoms with Crippen molar-refractivity contribution < 1.29 is 9.84 Å². The van der Waals surface area contributed by atoms with Crippen LogP contribution >= 0.6 is 0 Å². The number of aromatic hydroxyl groups is 1. The Hall–Kier alpha value is -2.81. The molecule has 0 aliphatic heterocycles. The zero-order chi connectivity index (χ0) is 13.8. The number of phenols is 1. The molecule has 0 saturated carbocycles. The van der Waals surface area contributed by atoms with Crippen LogP contribution in [0.25, 0.3) is 11.1 Å². The molecule has 1 heterocycles. The van der Waals surface area contributed by atoms with E-state index in [-0.39, 0.29) is 5.75 Å². The van der Waals surface area contributed by atoms with E-state index in [1.54, 1.807) is 24.4 Å². The third-order valence-electron chi connectivity index (χ3n) is 2.92. The first kappa shape index (κ1) is 12.2. The molecular formula is C17H13NO2. The number of rotatable bonds is 3. The Balaban J connectivity index is 1.83. The first-order chi connectivity index (χ1) is 9.83. The molecule has 0 atom stereocenters.